The predicted molar refractivity (Wildman–Crippen MR) is 67.6 cm³/mol. The number of halogens is 1. The van der Waals surface area contributed by atoms with E-state index in [9.17, 15) is 4.79 Å². The zero-order valence-corrected chi connectivity index (χ0v) is 10.8. The SMILES string of the molecule is CC(C)C(=O)C(C#N)=Cc1ccc(Br)cc1. The average Bonchev–Trinajstić information content (AvgIpc) is 2.27. The van der Waals surface area contributed by atoms with Gasteiger partial charge in [-0.2, -0.15) is 5.26 Å². The maximum absolute atomic E-state index is 11.6. The van der Waals surface area contributed by atoms with Crippen LogP contribution in [0.4, 0.5) is 0 Å². The second kappa shape index (κ2) is 5.62. The Labute approximate surface area is 104 Å². The molecule has 0 fully saturated rings. The lowest BCUT2D eigenvalue weighted by atomic mass is 10.00. The highest BCUT2D eigenvalue weighted by Gasteiger charge is 2.12. The van der Waals surface area contributed by atoms with Crippen molar-refractivity contribution in [2.24, 2.45) is 5.92 Å². The van der Waals surface area contributed by atoms with Crippen LogP contribution in [0.3, 0.4) is 0 Å². The number of benzene rings is 1. The molecular formula is C13H12BrNO. The second-order valence-corrected chi connectivity index (χ2v) is 4.66. The Morgan fingerprint density at radius 1 is 1.38 bits per heavy atom. The van der Waals surface area contributed by atoms with E-state index in [0.29, 0.717) is 0 Å². The number of carbonyl (C=O) groups excluding carboxylic acids is 1. The van der Waals surface area contributed by atoms with E-state index in [0.717, 1.165) is 10.0 Å². The van der Waals surface area contributed by atoms with Crippen molar-refractivity contribution in [3.63, 3.8) is 0 Å². The molecule has 0 N–H and O–H groups in total. The van der Waals surface area contributed by atoms with Crippen LogP contribution in [0.2, 0.25) is 0 Å². The number of carbonyl (C=O) groups is 1. The first-order valence-electron chi connectivity index (χ1n) is 4.96. The van der Waals surface area contributed by atoms with Gasteiger partial charge in [0.1, 0.15) is 6.07 Å². The molecule has 0 spiro atoms. The van der Waals surface area contributed by atoms with Crippen molar-refractivity contribution in [1.82, 2.24) is 0 Å². The van der Waals surface area contributed by atoms with E-state index in [1.807, 2.05) is 30.3 Å². The Hall–Kier alpha value is -1.40. The van der Waals surface area contributed by atoms with Crippen LogP contribution in [0, 0.1) is 17.2 Å². The fourth-order valence-corrected chi connectivity index (χ4v) is 1.46. The maximum atomic E-state index is 11.6. The number of allylic oxidation sites excluding steroid dienone is 1. The molecule has 0 saturated carbocycles. The Morgan fingerprint density at radius 3 is 2.38 bits per heavy atom. The summed E-state index contributed by atoms with van der Waals surface area (Å²) >= 11 is 3.33. The summed E-state index contributed by atoms with van der Waals surface area (Å²) in [5, 5.41) is 8.91. The molecule has 0 aliphatic rings. The third-order valence-corrected chi connectivity index (χ3v) is 2.62. The first-order chi connectivity index (χ1) is 7.54. The van der Waals surface area contributed by atoms with Gasteiger partial charge >= 0.3 is 0 Å². The summed E-state index contributed by atoms with van der Waals surface area (Å²) in [5.41, 5.74) is 1.06. The molecule has 16 heavy (non-hydrogen) atoms. The Kier molecular flexibility index (Phi) is 4.45. The highest BCUT2D eigenvalue weighted by molar-refractivity contribution is 9.10. The van der Waals surface area contributed by atoms with Gasteiger partial charge in [-0.25, -0.2) is 0 Å². The summed E-state index contributed by atoms with van der Waals surface area (Å²) in [6.07, 6.45) is 1.62. The van der Waals surface area contributed by atoms with Crippen molar-refractivity contribution in [1.29, 1.82) is 5.26 Å². The lowest BCUT2D eigenvalue weighted by molar-refractivity contribution is -0.117. The highest BCUT2D eigenvalue weighted by Crippen LogP contribution is 2.14. The van der Waals surface area contributed by atoms with Crippen LogP contribution >= 0.6 is 15.9 Å². The number of rotatable bonds is 3. The molecule has 0 unspecified atom stereocenters. The monoisotopic (exact) mass is 277 g/mol. The van der Waals surface area contributed by atoms with Gasteiger partial charge in [0, 0.05) is 10.4 Å². The number of nitrogens with zero attached hydrogens (tertiary/aromatic N) is 1. The van der Waals surface area contributed by atoms with Crippen LogP contribution in [-0.4, -0.2) is 5.78 Å². The molecule has 0 radical (unpaired) electrons. The van der Waals surface area contributed by atoms with Crippen molar-refractivity contribution in [3.05, 3.63) is 39.9 Å². The molecule has 1 aromatic rings. The highest BCUT2D eigenvalue weighted by atomic mass is 79.9. The van der Waals surface area contributed by atoms with E-state index in [1.54, 1.807) is 19.9 Å². The molecule has 0 heterocycles. The first-order valence-corrected chi connectivity index (χ1v) is 5.75. The van der Waals surface area contributed by atoms with Crippen LogP contribution in [-0.2, 0) is 4.79 Å². The van der Waals surface area contributed by atoms with Gasteiger partial charge in [-0.05, 0) is 23.8 Å². The van der Waals surface area contributed by atoms with Crippen molar-refractivity contribution >= 4 is 27.8 Å². The summed E-state index contributed by atoms with van der Waals surface area (Å²) in [6, 6.07) is 9.41. The Bertz CT molecular complexity index is 452. The van der Waals surface area contributed by atoms with Gasteiger partial charge in [-0.1, -0.05) is 41.9 Å². The van der Waals surface area contributed by atoms with Gasteiger partial charge in [0.05, 0.1) is 5.57 Å². The van der Waals surface area contributed by atoms with Crippen LogP contribution < -0.4 is 0 Å². The van der Waals surface area contributed by atoms with Gasteiger partial charge in [0.25, 0.3) is 0 Å². The summed E-state index contributed by atoms with van der Waals surface area (Å²) in [5.74, 6) is -0.272. The number of ketones is 1. The lowest BCUT2D eigenvalue weighted by Gasteiger charge is -2.02. The van der Waals surface area contributed by atoms with Gasteiger partial charge < -0.3 is 0 Å². The van der Waals surface area contributed by atoms with E-state index >= 15 is 0 Å². The number of nitriles is 1. The van der Waals surface area contributed by atoms with E-state index in [4.69, 9.17) is 5.26 Å². The van der Waals surface area contributed by atoms with E-state index in [1.165, 1.54) is 0 Å². The molecule has 0 amide bonds. The molecule has 0 saturated heterocycles. The summed E-state index contributed by atoms with van der Waals surface area (Å²) in [4.78, 5) is 11.6. The van der Waals surface area contributed by atoms with E-state index in [-0.39, 0.29) is 17.3 Å². The van der Waals surface area contributed by atoms with E-state index < -0.39 is 0 Å². The van der Waals surface area contributed by atoms with Crippen LogP contribution in [0.5, 0.6) is 0 Å². The lowest BCUT2D eigenvalue weighted by Crippen LogP contribution is -2.08. The molecule has 0 aromatic heterocycles. The summed E-state index contributed by atoms with van der Waals surface area (Å²) < 4.78 is 0.971. The van der Waals surface area contributed by atoms with Gasteiger partial charge in [-0.3, -0.25) is 4.79 Å². The van der Waals surface area contributed by atoms with Crippen LogP contribution in [0.25, 0.3) is 6.08 Å². The van der Waals surface area contributed by atoms with E-state index in [2.05, 4.69) is 15.9 Å². The number of hydrogen-bond acceptors (Lipinski definition) is 2. The van der Waals surface area contributed by atoms with Crippen LogP contribution in [0.1, 0.15) is 19.4 Å². The second-order valence-electron chi connectivity index (χ2n) is 3.74. The summed E-state index contributed by atoms with van der Waals surface area (Å²) in [6.45, 7) is 3.57. The molecule has 3 heteroatoms. The molecule has 0 atom stereocenters. The smallest absolute Gasteiger partial charge is 0.175 e. The van der Waals surface area contributed by atoms with Gasteiger partial charge in [0.15, 0.2) is 5.78 Å². The molecule has 1 rings (SSSR count). The van der Waals surface area contributed by atoms with Crippen LogP contribution in [0.15, 0.2) is 34.3 Å². The molecule has 0 aliphatic heterocycles. The zero-order valence-electron chi connectivity index (χ0n) is 9.20. The molecule has 1 aromatic carbocycles. The van der Waals surface area contributed by atoms with Gasteiger partial charge in [-0.15, -0.1) is 0 Å². The van der Waals surface area contributed by atoms with Crippen molar-refractivity contribution < 1.29 is 4.79 Å². The minimum atomic E-state index is -0.152. The molecule has 0 aliphatic carbocycles. The third-order valence-electron chi connectivity index (χ3n) is 2.09. The topological polar surface area (TPSA) is 40.9 Å². The Morgan fingerprint density at radius 2 is 1.94 bits per heavy atom. The van der Waals surface area contributed by atoms with Crippen molar-refractivity contribution in [2.45, 2.75) is 13.8 Å². The van der Waals surface area contributed by atoms with Gasteiger partial charge in [0.2, 0.25) is 0 Å². The maximum Gasteiger partial charge on any atom is 0.175 e. The number of Topliss-reactive ketones (excluding diaryl/α,β-unsaturated/α-hetero) is 1. The largest absolute Gasteiger partial charge is 0.293 e. The molecular weight excluding hydrogens is 266 g/mol. The average molecular weight is 278 g/mol. The minimum Gasteiger partial charge on any atom is -0.293 e. The number of hydrogen-bond donors (Lipinski definition) is 0. The summed E-state index contributed by atoms with van der Waals surface area (Å²) in [7, 11) is 0. The predicted octanol–water partition coefficient (Wildman–Crippen LogP) is 3.58. The van der Waals surface area contributed by atoms with Crippen molar-refractivity contribution in [3.8, 4) is 6.07 Å². The fraction of sp³-hybridized carbons (Fsp3) is 0.231. The fourth-order valence-electron chi connectivity index (χ4n) is 1.20. The standard InChI is InChI=1S/C13H12BrNO/c1-9(2)13(16)11(8-15)7-10-3-5-12(14)6-4-10/h3-7,9H,1-2H3. The Balaban J connectivity index is 3.02. The first kappa shape index (κ1) is 12.7. The minimum absolute atomic E-state index is 0.120. The third kappa shape index (κ3) is 3.32. The molecule has 0 bridgehead atoms. The normalized spacial score (nSPS) is 11.3. The quantitative estimate of drug-likeness (QED) is 0.626. The molecule has 2 nitrogen and oxygen atoms in total. The van der Waals surface area contributed by atoms with Crippen molar-refractivity contribution in [2.75, 3.05) is 0 Å². The zero-order chi connectivity index (χ0) is 12.1. The molecule has 82 valence electrons.